The molecule has 0 aromatic heterocycles. The average Bonchev–Trinajstić information content (AvgIpc) is 3.31. The molecule has 7 nitrogen and oxygen atoms in total. The van der Waals surface area contributed by atoms with Crippen LogP contribution in [0.3, 0.4) is 0 Å². The summed E-state index contributed by atoms with van der Waals surface area (Å²) in [5, 5.41) is 5.66. The predicted molar refractivity (Wildman–Crippen MR) is 124 cm³/mol. The summed E-state index contributed by atoms with van der Waals surface area (Å²) in [7, 11) is -4.22. The van der Waals surface area contributed by atoms with Crippen molar-refractivity contribution in [1.82, 2.24) is 10.0 Å². The van der Waals surface area contributed by atoms with Crippen LogP contribution in [0.1, 0.15) is 45.1 Å². The summed E-state index contributed by atoms with van der Waals surface area (Å²) in [5.41, 5.74) is 1.41. The smallest absolute Gasteiger partial charge is 0.244 e. The highest BCUT2D eigenvalue weighted by molar-refractivity contribution is 7.89. The summed E-state index contributed by atoms with van der Waals surface area (Å²) in [6.45, 7) is 3.55. The van der Waals surface area contributed by atoms with E-state index < -0.39 is 32.7 Å². The molecule has 1 fully saturated rings. The van der Waals surface area contributed by atoms with Crippen molar-refractivity contribution in [3.05, 3.63) is 59.9 Å². The van der Waals surface area contributed by atoms with Gasteiger partial charge in [-0.25, -0.2) is 12.8 Å². The van der Waals surface area contributed by atoms with Crippen molar-refractivity contribution in [2.45, 2.75) is 57.0 Å². The third-order valence-electron chi connectivity index (χ3n) is 5.74. The highest BCUT2D eigenvalue weighted by Gasteiger charge is 2.29. The lowest BCUT2D eigenvalue weighted by Gasteiger charge is -2.22. The first kappa shape index (κ1) is 24.9. The molecule has 2 amide bonds. The van der Waals surface area contributed by atoms with Crippen LogP contribution in [-0.4, -0.2) is 26.3 Å². The van der Waals surface area contributed by atoms with Gasteiger partial charge in [0.1, 0.15) is 16.8 Å². The molecule has 2 aromatic carbocycles. The standard InChI is InChI=1S/C24H30FN3O4S/c1-16(2)22(28-33(31,32)21-13-6-5-12-20(21)25)24(30)26-15-17-8-7-11-19(14-17)27-23(29)18-9-3-4-10-18/h5-8,11-14,16,18,22,28H,3-4,9-10,15H2,1-2H3,(H,26,30)(H,27,29)/t22-/m0/s1. The molecule has 0 radical (unpaired) electrons. The van der Waals surface area contributed by atoms with Crippen LogP contribution in [0, 0.1) is 17.7 Å². The van der Waals surface area contributed by atoms with Gasteiger partial charge in [-0.1, -0.05) is 51.0 Å². The minimum absolute atomic E-state index is 0.0103. The van der Waals surface area contributed by atoms with E-state index in [1.54, 1.807) is 38.1 Å². The number of sulfonamides is 1. The molecule has 1 aliphatic rings. The highest BCUT2D eigenvalue weighted by Crippen LogP contribution is 2.26. The monoisotopic (exact) mass is 475 g/mol. The Balaban J connectivity index is 1.63. The van der Waals surface area contributed by atoms with Crippen molar-refractivity contribution in [2.24, 2.45) is 11.8 Å². The quantitative estimate of drug-likeness (QED) is 0.516. The van der Waals surface area contributed by atoms with Gasteiger partial charge in [0.15, 0.2) is 0 Å². The van der Waals surface area contributed by atoms with Crippen LogP contribution in [0.15, 0.2) is 53.4 Å². The van der Waals surface area contributed by atoms with E-state index in [4.69, 9.17) is 0 Å². The van der Waals surface area contributed by atoms with Crippen molar-refractivity contribution < 1.29 is 22.4 Å². The van der Waals surface area contributed by atoms with Gasteiger partial charge < -0.3 is 10.6 Å². The first-order valence-corrected chi connectivity index (χ1v) is 12.6. The van der Waals surface area contributed by atoms with Crippen LogP contribution in [0.4, 0.5) is 10.1 Å². The molecule has 3 rings (SSSR count). The Bertz CT molecular complexity index is 1100. The number of hydrogen-bond acceptors (Lipinski definition) is 4. The van der Waals surface area contributed by atoms with Gasteiger partial charge in [-0.2, -0.15) is 4.72 Å². The second kappa shape index (κ2) is 10.9. The van der Waals surface area contributed by atoms with Gasteiger partial charge in [-0.15, -0.1) is 0 Å². The second-order valence-corrected chi connectivity index (χ2v) is 10.3. The number of benzene rings is 2. The maximum absolute atomic E-state index is 14.0. The number of nitrogens with one attached hydrogen (secondary N) is 3. The third-order valence-corrected chi connectivity index (χ3v) is 7.22. The molecule has 0 spiro atoms. The molecule has 1 saturated carbocycles. The van der Waals surface area contributed by atoms with Gasteiger partial charge in [0.25, 0.3) is 0 Å². The Labute approximate surface area is 194 Å². The number of amides is 2. The molecule has 0 saturated heterocycles. The lowest BCUT2D eigenvalue weighted by Crippen LogP contribution is -2.49. The van der Waals surface area contributed by atoms with E-state index in [0.717, 1.165) is 43.4 Å². The van der Waals surface area contributed by atoms with Crippen molar-refractivity contribution in [3.63, 3.8) is 0 Å². The fraction of sp³-hybridized carbons (Fsp3) is 0.417. The number of carbonyl (C=O) groups excluding carboxylic acids is 2. The molecular weight excluding hydrogens is 445 g/mol. The zero-order chi connectivity index (χ0) is 24.0. The molecule has 3 N–H and O–H groups in total. The number of anilines is 1. The van der Waals surface area contributed by atoms with E-state index in [-0.39, 0.29) is 24.3 Å². The van der Waals surface area contributed by atoms with Gasteiger partial charge in [0.05, 0.1) is 0 Å². The fourth-order valence-corrected chi connectivity index (χ4v) is 5.30. The molecule has 0 unspecified atom stereocenters. The van der Waals surface area contributed by atoms with Crippen LogP contribution in [0.2, 0.25) is 0 Å². The largest absolute Gasteiger partial charge is 0.351 e. The van der Waals surface area contributed by atoms with Crippen LogP contribution < -0.4 is 15.4 Å². The summed E-state index contributed by atoms with van der Waals surface area (Å²) >= 11 is 0. The topological polar surface area (TPSA) is 104 Å². The highest BCUT2D eigenvalue weighted by atomic mass is 32.2. The first-order valence-electron chi connectivity index (χ1n) is 11.1. The summed E-state index contributed by atoms with van der Waals surface area (Å²) < 4.78 is 41.6. The predicted octanol–water partition coefficient (Wildman–Crippen LogP) is 3.57. The molecule has 33 heavy (non-hydrogen) atoms. The van der Waals surface area contributed by atoms with E-state index in [9.17, 15) is 22.4 Å². The van der Waals surface area contributed by atoms with E-state index in [2.05, 4.69) is 15.4 Å². The third kappa shape index (κ3) is 6.61. The summed E-state index contributed by atoms with van der Waals surface area (Å²) in [6.07, 6.45) is 3.95. The minimum atomic E-state index is -4.22. The van der Waals surface area contributed by atoms with Gasteiger partial charge in [0.2, 0.25) is 21.8 Å². The van der Waals surface area contributed by atoms with E-state index in [1.165, 1.54) is 12.1 Å². The Morgan fingerprint density at radius 2 is 1.76 bits per heavy atom. The zero-order valence-electron chi connectivity index (χ0n) is 18.8. The zero-order valence-corrected chi connectivity index (χ0v) is 19.6. The molecule has 0 heterocycles. The molecule has 2 aromatic rings. The molecule has 0 aliphatic heterocycles. The summed E-state index contributed by atoms with van der Waals surface area (Å²) in [6, 6.07) is 11.1. The number of rotatable bonds is 9. The molecule has 1 aliphatic carbocycles. The van der Waals surface area contributed by atoms with Crippen LogP contribution >= 0.6 is 0 Å². The van der Waals surface area contributed by atoms with Crippen molar-refractivity contribution in [3.8, 4) is 0 Å². The number of hydrogen-bond donors (Lipinski definition) is 3. The first-order chi connectivity index (χ1) is 15.7. The molecule has 0 bridgehead atoms. The molecule has 9 heteroatoms. The molecule has 1 atom stereocenters. The maximum atomic E-state index is 14.0. The Kier molecular flexibility index (Phi) is 8.20. The maximum Gasteiger partial charge on any atom is 0.244 e. The lowest BCUT2D eigenvalue weighted by molar-refractivity contribution is -0.124. The van der Waals surface area contributed by atoms with E-state index >= 15 is 0 Å². The molecule has 178 valence electrons. The van der Waals surface area contributed by atoms with Gasteiger partial charge in [-0.3, -0.25) is 9.59 Å². The van der Waals surface area contributed by atoms with E-state index in [0.29, 0.717) is 5.69 Å². The van der Waals surface area contributed by atoms with Crippen LogP contribution in [0.25, 0.3) is 0 Å². The van der Waals surface area contributed by atoms with Crippen molar-refractivity contribution in [2.75, 3.05) is 5.32 Å². The Hall–Kier alpha value is -2.78. The van der Waals surface area contributed by atoms with Crippen LogP contribution in [-0.2, 0) is 26.2 Å². The minimum Gasteiger partial charge on any atom is -0.351 e. The van der Waals surface area contributed by atoms with Crippen LogP contribution in [0.5, 0.6) is 0 Å². The fourth-order valence-electron chi connectivity index (χ4n) is 3.88. The SMILES string of the molecule is CC(C)[C@H](NS(=O)(=O)c1ccccc1F)C(=O)NCc1cccc(NC(=O)C2CCCC2)c1. The summed E-state index contributed by atoms with van der Waals surface area (Å²) in [4.78, 5) is 24.6. The van der Waals surface area contributed by atoms with Crippen molar-refractivity contribution in [1.29, 1.82) is 0 Å². The Morgan fingerprint density at radius 1 is 1.06 bits per heavy atom. The van der Waals surface area contributed by atoms with Gasteiger partial charge >= 0.3 is 0 Å². The van der Waals surface area contributed by atoms with Gasteiger partial charge in [-0.05, 0) is 48.6 Å². The van der Waals surface area contributed by atoms with Crippen molar-refractivity contribution >= 4 is 27.5 Å². The average molecular weight is 476 g/mol. The number of halogens is 1. The number of carbonyl (C=O) groups is 2. The normalized spacial score (nSPS) is 15.4. The second-order valence-electron chi connectivity index (χ2n) is 8.66. The van der Waals surface area contributed by atoms with E-state index in [1.807, 2.05) is 0 Å². The lowest BCUT2D eigenvalue weighted by atomic mass is 10.0. The molecular formula is C24H30FN3O4S. The van der Waals surface area contributed by atoms with Gasteiger partial charge in [0, 0.05) is 18.2 Å². The summed E-state index contributed by atoms with van der Waals surface area (Å²) in [5.74, 6) is -1.72. The Morgan fingerprint density at radius 3 is 2.42 bits per heavy atom.